The van der Waals surface area contributed by atoms with Gasteiger partial charge in [-0.05, 0) is 17.7 Å². The number of carboxylic acids is 1. The number of carbonyl (C=O) groups excluding carboxylic acids is 1. The first-order valence-electron chi connectivity index (χ1n) is 4.54. The van der Waals surface area contributed by atoms with Crippen LogP contribution in [0.1, 0.15) is 22.0 Å². The van der Waals surface area contributed by atoms with E-state index in [0.717, 1.165) is 0 Å². The molecule has 16 heavy (non-hydrogen) atoms. The molecule has 0 heterocycles. The molecule has 0 aliphatic rings. The zero-order valence-corrected chi connectivity index (χ0v) is 8.97. The molecule has 0 saturated carbocycles. The summed E-state index contributed by atoms with van der Waals surface area (Å²) in [5.41, 5.74) is 0.711. The monoisotopic (exact) mass is 224 g/mol. The third-order valence-electron chi connectivity index (χ3n) is 2.11. The summed E-state index contributed by atoms with van der Waals surface area (Å²) in [6.45, 7) is 0. The molecule has 1 aromatic rings. The number of aromatic carboxylic acids is 1. The van der Waals surface area contributed by atoms with Gasteiger partial charge >= 0.3 is 11.9 Å². The number of methoxy groups -OCH3 is 2. The first-order chi connectivity index (χ1) is 7.60. The third kappa shape index (κ3) is 2.58. The van der Waals surface area contributed by atoms with Crippen molar-refractivity contribution in [1.29, 1.82) is 0 Å². The Kier molecular flexibility index (Phi) is 4.02. The van der Waals surface area contributed by atoms with Crippen molar-refractivity contribution in [2.45, 2.75) is 6.10 Å². The van der Waals surface area contributed by atoms with Crippen LogP contribution in [-0.2, 0) is 14.3 Å². The minimum atomic E-state index is -1.02. The molecule has 86 valence electrons. The fourth-order valence-electron chi connectivity index (χ4n) is 1.28. The Morgan fingerprint density at radius 2 is 1.75 bits per heavy atom. The van der Waals surface area contributed by atoms with Gasteiger partial charge in [0.05, 0.1) is 12.7 Å². The highest BCUT2D eigenvalue weighted by atomic mass is 16.6. The first-order valence-corrected chi connectivity index (χ1v) is 4.54. The van der Waals surface area contributed by atoms with Gasteiger partial charge in [-0.25, -0.2) is 9.59 Å². The molecule has 0 amide bonds. The maximum absolute atomic E-state index is 11.3. The molecule has 1 unspecified atom stereocenters. The lowest BCUT2D eigenvalue weighted by Gasteiger charge is -2.12. The van der Waals surface area contributed by atoms with Gasteiger partial charge in [0.25, 0.3) is 0 Å². The van der Waals surface area contributed by atoms with Gasteiger partial charge in [0.1, 0.15) is 0 Å². The highest BCUT2D eigenvalue weighted by molar-refractivity contribution is 5.87. The van der Waals surface area contributed by atoms with Crippen molar-refractivity contribution >= 4 is 11.9 Å². The van der Waals surface area contributed by atoms with E-state index in [4.69, 9.17) is 9.84 Å². The second-order valence-electron chi connectivity index (χ2n) is 3.07. The van der Waals surface area contributed by atoms with Crippen molar-refractivity contribution in [3.05, 3.63) is 35.4 Å². The van der Waals surface area contributed by atoms with Gasteiger partial charge in [0, 0.05) is 7.11 Å². The predicted molar refractivity (Wildman–Crippen MR) is 55.2 cm³/mol. The summed E-state index contributed by atoms with van der Waals surface area (Å²) in [6.07, 6.45) is -0.826. The van der Waals surface area contributed by atoms with Crippen molar-refractivity contribution in [2.75, 3.05) is 14.2 Å². The van der Waals surface area contributed by atoms with Crippen LogP contribution in [0, 0.1) is 0 Å². The predicted octanol–water partition coefficient (Wildman–Crippen LogP) is 1.25. The minimum absolute atomic E-state index is 0.156. The Bertz CT molecular complexity index is 382. The van der Waals surface area contributed by atoms with E-state index in [9.17, 15) is 9.59 Å². The van der Waals surface area contributed by atoms with Crippen molar-refractivity contribution in [1.82, 2.24) is 0 Å². The van der Waals surface area contributed by atoms with Gasteiger partial charge in [-0.1, -0.05) is 12.1 Å². The molecule has 0 spiro atoms. The fourth-order valence-corrected chi connectivity index (χ4v) is 1.28. The molecule has 0 saturated heterocycles. The van der Waals surface area contributed by atoms with E-state index >= 15 is 0 Å². The Morgan fingerprint density at radius 1 is 1.19 bits per heavy atom. The lowest BCUT2D eigenvalue weighted by molar-refractivity contribution is -0.152. The van der Waals surface area contributed by atoms with Crippen molar-refractivity contribution in [2.24, 2.45) is 0 Å². The summed E-state index contributed by atoms with van der Waals surface area (Å²) in [7, 11) is 2.65. The average Bonchev–Trinajstić information content (AvgIpc) is 2.30. The molecule has 5 nitrogen and oxygen atoms in total. The molecule has 0 bridgehead atoms. The van der Waals surface area contributed by atoms with Crippen LogP contribution in [0.3, 0.4) is 0 Å². The van der Waals surface area contributed by atoms with Crippen LogP contribution in [0.4, 0.5) is 0 Å². The smallest absolute Gasteiger partial charge is 0.339 e. The van der Waals surface area contributed by atoms with Gasteiger partial charge in [-0.15, -0.1) is 0 Å². The largest absolute Gasteiger partial charge is 0.478 e. The van der Waals surface area contributed by atoms with Crippen LogP contribution in [0.5, 0.6) is 0 Å². The Balaban J connectivity index is 2.95. The standard InChI is InChI=1S/C11H12O5/c1-15-9(11(14)16-2)7-3-5-8(6-4-7)10(12)13/h3-6,9H,1-2H3,(H,12,13). The van der Waals surface area contributed by atoms with Crippen LogP contribution in [0.25, 0.3) is 0 Å². The summed E-state index contributed by atoms with van der Waals surface area (Å²) < 4.78 is 9.52. The molecular weight excluding hydrogens is 212 g/mol. The zero-order valence-electron chi connectivity index (χ0n) is 8.97. The van der Waals surface area contributed by atoms with E-state index in [-0.39, 0.29) is 5.56 Å². The van der Waals surface area contributed by atoms with Gasteiger partial charge < -0.3 is 14.6 Å². The van der Waals surface area contributed by atoms with E-state index in [1.807, 2.05) is 0 Å². The number of hydrogen-bond acceptors (Lipinski definition) is 4. The topological polar surface area (TPSA) is 72.8 Å². The van der Waals surface area contributed by atoms with Crippen LogP contribution >= 0.6 is 0 Å². The molecule has 1 atom stereocenters. The number of rotatable bonds is 4. The number of benzene rings is 1. The van der Waals surface area contributed by atoms with Crippen molar-refractivity contribution in [3.8, 4) is 0 Å². The summed E-state index contributed by atoms with van der Waals surface area (Å²) in [5.74, 6) is -1.54. The minimum Gasteiger partial charge on any atom is -0.478 e. The quantitative estimate of drug-likeness (QED) is 0.779. The SMILES string of the molecule is COC(=O)C(OC)c1ccc(C(=O)O)cc1. The number of hydrogen-bond donors (Lipinski definition) is 1. The van der Waals surface area contributed by atoms with Gasteiger partial charge in [0.15, 0.2) is 6.10 Å². The third-order valence-corrected chi connectivity index (χ3v) is 2.11. The lowest BCUT2D eigenvalue weighted by Crippen LogP contribution is -2.16. The molecule has 5 heteroatoms. The van der Waals surface area contributed by atoms with E-state index < -0.39 is 18.0 Å². The van der Waals surface area contributed by atoms with E-state index in [1.165, 1.54) is 38.5 Å². The second-order valence-corrected chi connectivity index (χ2v) is 3.07. The Morgan fingerprint density at radius 3 is 2.12 bits per heavy atom. The van der Waals surface area contributed by atoms with Crippen LogP contribution < -0.4 is 0 Å². The zero-order chi connectivity index (χ0) is 12.1. The molecule has 0 aliphatic heterocycles. The maximum Gasteiger partial charge on any atom is 0.339 e. The van der Waals surface area contributed by atoms with E-state index in [2.05, 4.69) is 4.74 Å². The Hall–Kier alpha value is -1.88. The average molecular weight is 224 g/mol. The van der Waals surface area contributed by atoms with Gasteiger partial charge in [0.2, 0.25) is 0 Å². The molecule has 1 N–H and O–H groups in total. The highest BCUT2D eigenvalue weighted by Crippen LogP contribution is 2.18. The number of carboxylic acid groups (broad SMARTS) is 1. The molecule has 1 aromatic carbocycles. The molecule has 1 rings (SSSR count). The van der Waals surface area contributed by atoms with E-state index in [0.29, 0.717) is 5.56 Å². The Labute approximate surface area is 92.6 Å². The summed E-state index contributed by atoms with van der Waals surface area (Å²) in [6, 6.07) is 5.86. The normalized spacial score (nSPS) is 11.9. The molecular formula is C11H12O5. The van der Waals surface area contributed by atoms with Crippen LogP contribution in [0.2, 0.25) is 0 Å². The first kappa shape index (κ1) is 12.2. The van der Waals surface area contributed by atoms with Crippen molar-refractivity contribution < 1.29 is 24.2 Å². The second kappa shape index (κ2) is 5.27. The summed E-state index contributed by atoms with van der Waals surface area (Å²) in [4.78, 5) is 21.9. The molecule has 0 aliphatic carbocycles. The van der Waals surface area contributed by atoms with Gasteiger partial charge in [-0.2, -0.15) is 0 Å². The molecule has 0 aromatic heterocycles. The van der Waals surface area contributed by atoms with Crippen LogP contribution in [-0.4, -0.2) is 31.3 Å². The maximum atomic E-state index is 11.3. The van der Waals surface area contributed by atoms with Crippen LogP contribution in [0.15, 0.2) is 24.3 Å². The lowest BCUT2D eigenvalue weighted by atomic mass is 10.1. The summed E-state index contributed by atoms with van der Waals surface area (Å²) in [5, 5.41) is 8.70. The number of esters is 1. The van der Waals surface area contributed by atoms with Gasteiger partial charge in [-0.3, -0.25) is 0 Å². The number of ether oxygens (including phenoxy) is 2. The molecule has 0 fully saturated rings. The fraction of sp³-hybridized carbons (Fsp3) is 0.273. The van der Waals surface area contributed by atoms with E-state index in [1.54, 1.807) is 0 Å². The highest BCUT2D eigenvalue weighted by Gasteiger charge is 2.20. The molecule has 0 radical (unpaired) electrons. The van der Waals surface area contributed by atoms with Crippen molar-refractivity contribution in [3.63, 3.8) is 0 Å². The number of carbonyl (C=O) groups is 2. The summed E-state index contributed by atoms with van der Waals surface area (Å²) >= 11 is 0.